The van der Waals surface area contributed by atoms with E-state index in [9.17, 15) is 4.39 Å². The molecule has 0 radical (unpaired) electrons. The molecule has 0 fully saturated rings. The molecule has 2 aromatic heterocycles. The largest absolute Gasteiger partial charge is 0.497 e. The van der Waals surface area contributed by atoms with Crippen LogP contribution in [0.3, 0.4) is 0 Å². The number of hydrogen-bond donors (Lipinski definition) is 0. The van der Waals surface area contributed by atoms with Gasteiger partial charge in [-0.1, -0.05) is 23.9 Å². The molecule has 6 heteroatoms. The first-order chi connectivity index (χ1) is 12.2. The van der Waals surface area contributed by atoms with Gasteiger partial charge in [-0.15, -0.1) is 10.2 Å². The maximum atomic E-state index is 13.0. The van der Waals surface area contributed by atoms with E-state index in [1.165, 1.54) is 12.1 Å². The Bertz CT molecular complexity index is 1060. The summed E-state index contributed by atoms with van der Waals surface area (Å²) in [7, 11) is 1.66. The third-order valence-electron chi connectivity index (χ3n) is 4.16. The smallest absolute Gasteiger partial charge is 0.196 e. The summed E-state index contributed by atoms with van der Waals surface area (Å²) < 4.78 is 20.5. The highest BCUT2D eigenvalue weighted by Crippen LogP contribution is 2.29. The van der Waals surface area contributed by atoms with Gasteiger partial charge < -0.3 is 4.74 Å². The van der Waals surface area contributed by atoms with E-state index in [2.05, 4.69) is 23.2 Å². The van der Waals surface area contributed by atoms with E-state index in [1.54, 1.807) is 31.0 Å². The van der Waals surface area contributed by atoms with Crippen LogP contribution in [0.1, 0.15) is 11.1 Å². The second-order valence-electron chi connectivity index (χ2n) is 5.80. The summed E-state index contributed by atoms with van der Waals surface area (Å²) >= 11 is 1.58. The Balaban J connectivity index is 1.78. The van der Waals surface area contributed by atoms with Crippen molar-refractivity contribution in [3.63, 3.8) is 0 Å². The molecule has 0 unspecified atom stereocenters. The van der Waals surface area contributed by atoms with Crippen molar-refractivity contribution in [3.05, 3.63) is 65.5 Å². The number of fused-ring (bicyclic) bond motifs is 3. The van der Waals surface area contributed by atoms with Gasteiger partial charge in [0.15, 0.2) is 10.8 Å². The molecule has 25 heavy (non-hydrogen) atoms. The fraction of sp³-hybridized carbons (Fsp3) is 0.158. The highest BCUT2D eigenvalue weighted by atomic mass is 32.2. The molecule has 0 saturated heterocycles. The fourth-order valence-electron chi connectivity index (χ4n) is 2.85. The van der Waals surface area contributed by atoms with Crippen LogP contribution >= 0.6 is 11.8 Å². The first-order valence-corrected chi connectivity index (χ1v) is 8.84. The van der Waals surface area contributed by atoms with Gasteiger partial charge in [-0.05, 0) is 48.4 Å². The molecule has 2 aromatic carbocycles. The standard InChI is InChI=1S/C19H16FN3OS/c1-12-9-18-21-22-19(25-11-13-3-5-14(20)6-4-13)23(18)17-10-15(24-2)7-8-16(12)17/h3-10H,11H2,1-2H3. The number of nitrogens with zero attached hydrogens (tertiary/aromatic N) is 3. The first kappa shape index (κ1) is 15.9. The van der Waals surface area contributed by atoms with E-state index in [-0.39, 0.29) is 5.82 Å². The fourth-order valence-corrected chi connectivity index (χ4v) is 3.76. The van der Waals surface area contributed by atoms with Gasteiger partial charge in [0.25, 0.3) is 0 Å². The van der Waals surface area contributed by atoms with Crippen molar-refractivity contribution >= 4 is 28.3 Å². The Morgan fingerprint density at radius 1 is 1.08 bits per heavy atom. The Kier molecular flexibility index (Phi) is 4.05. The van der Waals surface area contributed by atoms with Crippen molar-refractivity contribution in [2.45, 2.75) is 17.8 Å². The molecule has 0 amide bonds. The first-order valence-electron chi connectivity index (χ1n) is 7.85. The maximum Gasteiger partial charge on any atom is 0.196 e. The highest BCUT2D eigenvalue weighted by molar-refractivity contribution is 7.98. The lowest BCUT2D eigenvalue weighted by Crippen LogP contribution is -1.94. The summed E-state index contributed by atoms with van der Waals surface area (Å²) in [6, 6.07) is 14.6. The molecule has 0 spiro atoms. The third-order valence-corrected chi connectivity index (χ3v) is 5.16. The van der Waals surface area contributed by atoms with Gasteiger partial charge in [0, 0.05) is 17.2 Å². The predicted molar refractivity (Wildman–Crippen MR) is 97.7 cm³/mol. The van der Waals surface area contributed by atoms with Crippen LogP contribution in [0.2, 0.25) is 0 Å². The summed E-state index contributed by atoms with van der Waals surface area (Å²) in [6.45, 7) is 2.06. The molecule has 0 saturated carbocycles. The Morgan fingerprint density at radius 2 is 1.88 bits per heavy atom. The predicted octanol–water partition coefficient (Wildman–Crippen LogP) is 4.63. The summed E-state index contributed by atoms with van der Waals surface area (Å²) in [5, 5.41) is 10.6. The van der Waals surface area contributed by atoms with Gasteiger partial charge in [-0.3, -0.25) is 4.40 Å². The van der Waals surface area contributed by atoms with Gasteiger partial charge in [0.05, 0.1) is 12.6 Å². The monoisotopic (exact) mass is 353 g/mol. The zero-order valence-corrected chi connectivity index (χ0v) is 14.7. The SMILES string of the molecule is COc1ccc2c(C)cc3nnc(SCc4ccc(F)cc4)n3c2c1. The number of ether oxygens (including phenoxy) is 1. The summed E-state index contributed by atoms with van der Waals surface area (Å²) in [6.07, 6.45) is 0. The lowest BCUT2D eigenvalue weighted by molar-refractivity contribution is 0.415. The molecular formula is C19H16FN3OS. The second kappa shape index (κ2) is 6.37. The normalized spacial score (nSPS) is 11.3. The van der Waals surface area contributed by atoms with Crippen molar-refractivity contribution in [2.75, 3.05) is 7.11 Å². The molecule has 126 valence electrons. The average molecular weight is 353 g/mol. The Hall–Kier alpha value is -2.60. The minimum atomic E-state index is -0.227. The van der Waals surface area contributed by atoms with E-state index in [4.69, 9.17) is 4.74 Å². The van der Waals surface area contributed by atoms with Crippen molar-refractivity contribution in [3.8, 4) is 5.75 Å². The number of thioether (sulfide) groups is 1. The average Bonchev–Trinajstić information content (AvgIpc) is 3.04. The van der Waals surface area contributed by atoms with Gasteiger partial charge in [-0.2, -0.15) is 0 Å². The second-order valence-corrected chi connectivity index (χ2v) is 6.74. The molecule has 2 heterocycles. The van der Waals surface area contributed by atoms with Gasteiger partial charge in [-0.25, -0.2) is 4.39 Å². The summed E-state index contributed by atoms with van der Waals surface area (Å²) in [5.41, 5.74) is 4.01. The topological polar surface area (TPSA) is 39.4 Å². The third kappa shape index (κ3) is 2.93. The molecule has 4 nitrogen and oxygen atoms in total. The number of aryl methyl sites for hydroxylation is 1. The van der Waals surface area contributed by atoms with Gasteiger partial charge in [0.2, 0.25) is 0 Å². The minimum absolute atomic E-state index is 0.227. The van der Waals surface area contributed by atoms with Crippen LogP contribution in [0.15, 0.2) is 53.7 Å². The number of halogens is 1. The van der Waals surface area contributed by atoms with Crippen LogP contribution in [0.4, 0.5) is 4.39 Å². The minimum Gasteiger partial charge on any atom is -0.497 e. The number of rotatable bonds is 4. The molecular weight excluding hydrogens is 337 g/mol. The van der Waals surface area contributed by atoms with E-state index in [0.29, 0.717) is 5.75 Å². The van der Waals surface area contributed by atoms with E-state index in [0.717, 1.165) is 38.6 Å². The molecule has 4 aromatic rings. The number of pyridine rings is 1. The Labute approximate surface area is 148 Å². The van der Waals surface area contributed by atoms with Crippen LogP contribution in [0.25, 0.3) is 16.6 Å². The molecule has 0 aliphatic rings. The Morgan fingerprint density at radius 3 is 2.64 bits per heavy atom. The van der Waals surface area contributed by atoms with E-state index < -0.39 is 0 Å². The maximum absolute atomic E-state index is 13.0. The lowest BCUT2D eigenvalue weighted by Gasteiger charge is -2.09. The van der Waals surface area contributed by atoms with E-state index in [1.807, 2.05) is 22.6 Å². The summed E-state index contributed by atoms with van der Waals surface area (Å²) in [4.78, 5) is 0. The van der Waals surface area contributed by atoms with Gasteiger partial charge >= 0.3 is 0 Å². The van der Waals surface area contributed by atoms with Crippen molar-refractivity contribution in [2.24, 2.45) is 0 Å². The molecule has 0 bridgehead atoms. The number of benzene rings is 2. The molecule has 0 aliphatic heterocycles. The number of aromatic nitrogens is 3. The zero-order chi connectivity index (χ0) is 17.4. The quantitative estimate of drug-likeness (QED) is 0.502. The zero-order valence-electron chi connectivity index (χ0n) is 13.9. The van der Waals surface area contributed by atoms with Crippen molar-refractivity contribution in [1.29, 1.82) is 0 Å². The van der Waals surface area contributed by atoms with Crippen LogP contribution in [0, 0.1) is 12.7 Å². The number of hydrogen-bond acceptors (Lipinski definition) is 4. The molecule has 0 atom stereocenters. The van der Waals surface area contributed by atoms with Crippen LogP contribution in [-0.4, -0.2) is 21.7 Å². The van der Waals surface area contributed by atoms with Crippen LogP contribution < -0.4 is 4.74 Å². The van der Waals surface area contributed by atoms with Crippen LogP contribution in [-0.2, 0) is 5.75 Å². The lowest BCUT2D eigenvalue weighted by atomic mass is 10.1. The van der Waals surface area contributed by atoms with E-state index >= 15 is 0 Å². The van der Waals surface area contributed by atoms with Crippen molar-refractivity contribution in [1.82, 2.24) is 14.6 Å². The highest BCUT2D eigenvalue weighted by Gasteiger charge is 2.12. The molecule has 0 aliphatic carbocycles. The van der Waals surface area contributed by atoms with Gasteiger partial charge in [0.1, 0.15) is 11.6 Å². The summed E-state index contributed by atoms with van der Waals surface area (Å²) in [5.74, 6) is 1.26. The molecule has 0 N–H and O–H groups in total. The molecule has 4 rings (SSSR count). The van der Waals surface area contributed by atoms with Crippen molar-refractivity contribution < 1.29 is 9.13 Å². The number of methoxy groups -OCH3 is 1. The van der Waals surface area contributed by atoms with Crippen LogP contribution in [0.5, 0.6) is 5.75 Å².